The summed E-state index contributed by atoms with van der Waals surface area (Å²) in [5.41, 5.74) is 1.12. The molecule has 3 aliphatic rings. The van der Waals surface area contributed by atoms with Gasteiger partial charge in [0, 0.05) is 10.8 Å². The van der Waals surface area contributed by atoms with Crippen LogP contribution in [-0.2, 0) is 0 Å². The van der Waals surface area contributed by atoms with Gasteiger partial charge in [0.15, 0.2) is 0 Å². The molecule has 0 aromatic rings. The van der Waals surface area contributed by atoms with E-state index in [0.29, 0.717) is 10.8 Å². The predicted molar refractivity (Wildman–Crippen MR) is 46.2 cm³/mol. The van der Waals surface area contributed by atoms with E-state index in [1.807, 2.05) is 0 Å². The Kier molecular flexibility index (Phi) is 0.894. The van der Waals surface area contributed by atoms with Crippen LogP contribution >= 0.6 is 0 Å². The molecule has 1 saturated carbocycles. The average molecular weight is 146 g/mol. The van der Waals surface area contributed by atoms with E-state index < -0.39 is 0 Å². The van der Waals surface area contributed by atoms with Gasteiger partial charge in [-0.1, -0.05) is 43.6 Å². The van der Waals surface area contributed by atoms with Crippen LogP contribution in [0.4, 0.5) is 0 Å². The fraction of sp³-hybridized carbons (Fsp3) is 0.636. The molecule has 1 fully saturated rings. The molecule has 0 amide bonds. The van der Waals surface area contributed by atoms with Crippen molar-refractivity contribution in [1.29, 1.82) is 0 Å². The van der Waals surface area contributed by atoms with Crippen molar-refractivity contribution >= 4 is 0 Å². The number of rotatable bonds is 0. The Morgan fingerprint density at radius 3 is 1.45 bits per heavy atom. The molecule has 0 bridgehead atoms. The SMILES string of the molecule is C1=CC23C=CC12CCCCC3. The third kappa shape index (κ3) is 0.503. The quantitative estimate of drug-likeness (QED) is 0.461. The summed E-state index contributed by atoms with van der Waals surface area (Å²) in [5.74, 6) is 0. The molecule has 0 nitrogen and oxygen atoms in total. The molecule has 58 valence electrons. The van der Waals surface area contributed by atoms with Gasteiger partial charge in [0.05, 0.1) is 0 Å². The first-order valence-corrected chi connectivity index (χ1v) is 4.78. The van der Waals surface area contributed by atoms with Gasteiger partial charge in [-0.15, -0.1) is 0 Å². The molecule has 0 N–H and O–H groups in total. The fourth-order valence-corrected chi connectivity index (χ4v) is 2.94. The van der Waals surface area contributed by atoms with Crippen LogP contribution in [0.2, 0.25) is 0 Å². The highest BCUT2D eigenvalue weighted by atomic mass is 14.6. The predicted octanol–water partition coefficient (Wildman–Crippen LogP) is 3.06. The Morgan fingerprint density at radius 2 is 1.09 bits per heavy atom. The summed E-state index contributed by atoms with van der Waals surface area (Å²) in [4.78, 5) is 0. The largest absolute Gasteiger partial charge is 0.0765 e. The van der Waals surface area contributed by atoms with Crippen molar-refractivity contribution in [1.82, 2.24) is 0 Å². The lowest BCUT2D eigenvalue weighted by Crippen LogP contribution is -2.48. The van der Waals surface area contributed by atoms with Crippen LogP contribution in [-0.4, -0.2) is 0 Å². The fourth-order valence-electron chi connectivity index (χ4n) is 2.94. The van der Waals surface area contributed by atoms with E-state index in [1.165, 1.54) is 32.1 Å². The van der Waals surface area contributed by atoms with Crippen LogP contribution in [0.25, 0.3) is 0 Å². The maximum absolute atomic E-state index is 2.43. The molecule has 0 aromatic carbocycles. The summed E-state index contributed by atoms with van der Waals surface area (Å²) in [7, 11) is 0. The summed E-state index contributed by atoms with van der Waals surface area (Å²) in [6.07, 6.45) is 16.9. The van der Waals surface area contributed by atoms with Crippen molar-refractivity contribution in [2.24, 2.45) is 10.8 Å². The second-order valence-electron chi connectivity index (χ2n) is 4.31. The molecule has 0 unspecified atom stereocenters. The van der Waals surface area contributed by atoms with E-state index in [9.17, 15) is 0 Å². The minimum Gasteiger partial charge on any atom is -0.0765 e. The van der Waals surface area contributed by atoms with Crippen LogP contribution in [0.5, 0.6) is 0 Å². The second-order valence-corrected chi connectivity index (χ2v) is 4.31. The van der Waals surface area contributed by atoms with E-state index in [2.05, 4.69) is 24.3 Å². The van der Waals surface area contributed by atoms with Gasteiger partial charge in [-0.25, -0.2) is 0 Å². The summed E-state index contributed by atoms with van der Waals surface area (Å²) in [6.45, 7) is 0. The van der Waals surface area contributed by atoms with Gasteiger partial charge in [-0.3, -0.25) is 0 Å². The minimum absolute atomic E-state index is 0.559. The number of allylic oxidation sites excluding steroid dienone is 4. The van der Waals surface area contributed by atoms with Crippen molar-refractivity contribution in [3.8, 4) is 0 Å². The van der Waals surface area contributed by atoms with Gasteiger partial charge >= 0.3 is 0 Å². The molecule has 0 spiro atoms. The standard InChI is InChI=1S/C11H14/c1-2-4-10-6-8-11(10,5-3-1)9-7-10/h6-9H,1-5H2. The Labute approximate surface area is 68.0 Å². The van der Waals surface area contributed by atoms with E-state index in [4.69, 9.17) is 0 Å². The van der Waals surface area contributed by atoms with Gasteiger partial charge in [0.25, 0.3) is 0 Å². The molecule has 0 heterocycles. The van der Waals surface area contributed by atoms with E-state index in [1.54, 1.807) is 0 Å². The molecule has 3 rings (SSSR count). The third-order valence-electron chi connectivity index (χ3n) is 3.90. The van der Waals surface area contributed by atoms with Crippen LogP contribution < -0.4 is 0 Å². The van der Waals surface area contributed by atoms with E-state index in [-0.39, 0.29) is 0 Å². The van der Waals surface area contributed by atoms with Crippen LogP contribution in [0.3, 0.4) is 0 Å². The molecule has 0 aliphatic heterocycles. The van der Waals surface area contributed by atoms with Crippen molar-refractivity contribution in [3.05, 3.63) is 24.3 Å². The van der Waals surface area contributed by atoms with Crippen LogP contribution in [0.15, 0.2) is 24.3 Å². The van der Waals surface area contributed by atoms with Gasteiger partial charge in [-0.05, 0) is 12.8 Å². The summed E-state index contributed by atoms with van der Waals surface area (Å²) in [6, 6.07) is 0. The Balaban J connectivity index is 2.02. The maximum Gasteiger partial charge on any atom is 0.0188 e. The maximum atomic E-state index is 2.43. The Hall–Kier alpha value is -0.520. The van der Waals surface area contributed by atoms with Crippen molar-refractivity contribution in [3.63, 3.8) is 0 Å². The van der Waals surface area contributed by atoms with Gasteiger partial charge in [0.2, 0.25) is 0 Å². The number of hydrogen-bond donors (Lipinski definition) is 0. The second kappa shape index (κ2) is 1.63. The molecule has 0 atom stereocenters. The first-order chi connectivity index (χ1) is 5.37. The first-order valence-electron chi connectivity index (χ1n) is 4.78. The molecule has 0 saturated heterocycles. The van der Waals surface area contributed by atoms with E-state index >= 15 is 0 Å². The number of hydrogen-bond acceptors (Lipinski definition) is 0. The lowest BCUT2D eigenvalue weighted by molar-refractivity contribution is 0.159. The summed E-state index contributed by atoms with van der Waals surface area (Å²) in [5, 5.41) is 0. The normalized spacial score (nSPS) is 51.6. The van der Waals surface area contributed by atoms with E-state index in [0.717, 1.165) is 0 Å². The van der Waals surface area contributed by atoms with Crippen molar-refractivity contribution in [2.45, 2.75) is 32.1 Å². The smallest absolute Gasteiger partial charge is 0.0188 e. The zero-order valence-electron chi connectivity index (χ0n) is 6.84. The monoisotopic (exact) mass is 146 g/mol. The van der Waals surface area contributed by atoms with Gasteiger partial charge in [-0.2, -0.15) is 0 Å². The Bertz CT molecular complexity index is 207. The highest BCUT2D eigenvalue weighted by Crippen LogP contribution is 2.65. The van der Waals surface area contributed by atoms with Crippen molar-refractivity contribution in [2.75, 3.05) is 0 Å². The zero-order valence-corrected chi connectivity index (χ0v) is 6.84. The van der Waals surface area contributed by atoms with Crippen LogP contribution in [0, 0.1) is 10.8 Å². The topological polar surface area (TPSA) is 0 Å². The highest BCUT2D eigenvalue weighted by molar-refractivity contribution is 5.46. The average Bonchev–Trinajstić information content (AvgIpc) is 2.13. The lowest BCUT2D eigenvalue weighted by Gasteiger charge is -2.57. The Morgan fingerprint density at radius 1 is 0.636 bits per heavy atom. The molecule has 11 heavy (non-hydrogen) atoms. The van der Waals surface area contributed by atoms with Crippen LogP contribution in [0.1, 0.15) is 32.1 Å². The highest BCUT2D eigenvalue weighted by Gasteiger charge is 2.56. The molecule has 3 aliphatic carbocycles. The first kappa shape index (κ1) is 6.05. The van der Waals surface area contributed by atoms with Gasteiger partial charge in [0.1, 0.15) is 0 Å². The molecule has 0 aromatic heterocycles. The molecule has 0 radical (unpaired) electrons. The third-order valence-corrected chi connectivity index (χ3v) is 3.90. The van der Waals surface area contributed by atoms with Crippen molar-refractivity contribution < 1.29 is 0 Å². The molecule has 0 heteroatoms. The molecular formula is C11H14. The summed E-state index contributed by atoms with van der Waals surface area (Å²) < 4.78 is 0. The van der Waals surface area contributed by atoms with Gasteiger partial charge < -0.3 is 0 Å². The zero-order chi connectivity index (χ0) is 7.36. The summed E-state index contributed by atoms with van der Waals surface area (Å²) >= 11 is 0. The molecular weight excluding hydrogens is 132 g/mol. The minimum atomic E-state index is 0.559. The lowest BCUT2D eigenvalue weighted by atomic mass is 9.46.